The van der Waals surface area contributed by atoms with Crippen molar-refractivity contribution < 1.29 is 9.59 Å². The van der Waals surface area contributed by atoms with Gasteiger partial charge >= 0.3 is 0 Å². The van der Waals surface area contributed by atoms with Crippen LogP contribution in [0.4, 0.5) is 11.4 Å². The Hall–Kier alpha value is -2.62. The normalized spacial score (nSPS) is 17.9. The highest BCUT2D eigenvalue weighted by atomic mass is 16.2. The van der Waals surface area contributed by atoms with E-state index in [1.54, 1.807) is 6.07 Å². The van der Waals surface area contributed by atoms with Crippen LogP contribution in [0.2, 0.25) is 0 Å². The molecular weight excluding hydrogens is 276 g/mol. The maximum absolute atomic E-state index is 12.6. The predicted molar refractivity (Wildman–Crippen MR) is 86.9 cm³/mol. The molecule has 3 rings (SSSR count). The van der Waals surface area contributed by atoms with Gasteiger partial charge in [0.2, 0.25) is 5.91 Å². The van der Waals surface area contributed by atoms with Crippen molar-refractivity contribution in [2.75, 3.05) is 10.2 Å². The molecule has 2 aromatic rings. The number of nitrogens with zero attached hydrogens (tertiary/aromatic N) is 1. The van der Waals surface area contributed by atoms with Gasteiger partial charge in [0.25, 0.3) is 5.91 Å². The van der Waals surface area contributed by atoms with Crippen LogP contribution in [0.25, 0.3) is 0 Å². The van der Waals surface area contributed by atoms with E-state index in [9.17, 15) is 9.59 Å². The van der Waals surface area contributed by atoms with Crippen LogP contribution in [0.5, 0.6) is 0 Å². The Morgan fingerprint density at radius 2 is 1.82 bits per heavy atom. The average Bonchev–Trinajstić information content (AvgIpc) is 2.76. The van der Waals surface area contributed by atoms with Crippen molar-refractivity contribution in [3.05, 3.63) is 59.7 Å². The quantitative estimate of drug-likeness (QED) is 0.885. The van der Waals surface area contributed by atoms with Gasteiger partial charge in [-0.1, -0.05) is 30.3 Å². The summed E-state index contributed by atoms with van der Waals surface area (Å²) in [6, 6.07) is 14.7. The molecule has 4 nitrogen and oxygen atoms in total. The Morgan fingerprint density at radius 1 is 1.05 bits per heavy atom. The molecule has 0 bridgehead atoms. The third-order valence-corrected chi connectivity index (χ3v) is 3.88. The fraction of sp³-hybridized carbons (Fsp3) is 0.222. The number of nitrogens with one attached hydrogen (secondary N) is 1. The standard InChI is InChI=1S/C18H18N2O2/c1-12-6-5-8-14(10-12)20-17(21)11-16(18(20)22)19-15-9-4-3-7-13(15)2/h3-10,16,19H,11H2,1-2H3/t16-/m1/s1. The zero-order valence-corrected chi connectivity index (χ0v) is 12.7. The molecular formula is C18H18N2O2. The van der Waals surface area contributed by atoms with Crippen molar-refractivity contribution in [1.29, 1.82) is 0 Å². The summed E-state index contributed by atoms with van der Waals surface area (Å²) in [4.78, 5) is 26.1. The van der Waals surface area contributed by atoms with Gasteiger partial charge in [0.15, 0.2) is 0 Å². The molecule has 0 aromatic heterocycles. The third-order valence-electron chi connectivity index (χ3n) is 3.88. The summed E-state index contributed by atoms with van der Waals surface area (Å²) >= 11 is 0. The summed E-state index contributed by atoms with van der Waals surface area (Å²) in [7, 11) is 0. The van der Waals surface area contributed by atoms with Gasteiger partial charge in [0.1, 0.15) is 6.04 Å². The molecule has 0 radical (unpaired) electrons. The summed E-state index contributed by atoms with van der Waals surface area (Å²) < 4.78 is 0. The van der Waals surface area contributed by atoms with Crippen LogP contribution in [0.3, 0.4) is 0 Å². The van der Waals surface area contributed by atoms with E-state index in [1.165, 1.54) is 4.90 Å². The number of benzene rings is 2. The van der Waals surface area contributed by atoms with E-state index < -0.39 is 6.04 Å². The van der Waals surface area contributed by atoms with E-state index >= 15 is 0 Å². The number of hydrogen-bond donors (Lipinski definition) is 1. The lowest BCUT2D eigenvalue weighted by Crippen LogP contribution is -2.34. The Balaban J connectivity index is 1.84. The lowest BCUT2D eigenvalue weighted by Gasteiger charge is -2.17. The van der Waals surface area contributed by atoms with Gasteiger partial charge in [-0.2, -0.15) is 0 Å². The molecule has 4 heteroatoms. The van der Waals surface area contributed by atoms with Crippen LogP contribution in [0.15, 0.2) is 48.5 Å². The molecule has 2 amide bonds. The average molecular weight is 294 g/mol. The SMILES string of the molecule is Cc1cccc(N2C(=O)C[C@@H](Nc3ccccc3C)C2=O)c1. The van der Waals surface area contributed by atoms with E-state index in [2.05, 4.69) is 5.32 Å². The topological polar surface area (TPSA) is 49.4 Å². The number of imide groups is 1. The highest BCUT2D eigenvalue weighted by molar-refractivity contribution is 6.23. The Kier molecular flexibility index (Phi) is 3.67. The van der Waals surface area contributed by atoms with E-state index in [0.717, 1.165) is 16.8 Å². The lowest BCUT2D eigenvalue weighted by molar-refractivity contribution is -0.121. The molecule has 1 heterocycles. The summed E-state index contributed by atoms with van der Waals surface area (Å²) in [6.07, 6.45) is 0.182. The second-order valence-electron chi connectivity index (χ2n) is 5.62. The van der Waals surface area contributed by atoms with Crippen LogP contribution < -0.4 is 10.2 Å². The van der Waals surface area contributed by atoms with Crippen molar-refractivity contribution in [2.45, 2.75) is 26.3 Å². The third kappa shape index (κ3) is 2.60. The van der Waals surface area contributed by atoms with Gasteiger partial charge in [0.05, 0.1) is 12.1 Å². The Labute approximate surface area is 129 Å². The molecule has 1 atom stereocenters. The fourth-order valence-electron chi connectivity index (χ4n) is 2.71. The molecule has 1 saturated heterocycles. The molecule has 22 heavy (non-hydrogen) atoms. The largest absolute Gasteiger partial charge is 0.373 e. The van der Waals surface area contributed by atoms with Crippen LogP contribution in [0.1, 0.15) is 17.5 Å². The Bertz CT molecular complexity index is 739. The van der Waals surface area contributed by atoms with Gasteiger partial charge in [-0.05, 0) is 43.2 Å². The fourth-order valence-corrected chi connectivity index (χ4v) is 2.71. The molecule has 1 aliphatic heterocycles. The number of para-hydroxylation sites is 1. The number of amides is 2. The highest BCUT2D eigenvalue weighted by Gasteiger charge is 2.39. The maximum Gasteiger partial charge on any atom is 0.256 e. The zero-order chi connectivity index (χ0) is 15.7. The second kappa shape index (κ2) is 5.64. The van der Waals surface area contributed by atoms with E-state index in [0.29, 0.717) is 5.69 Å². The number of anilines is 2. The first-order valence-electron chi connectivity index (χ1n) is 7.32. The van der Waals surface area contributed by atoms with Gasteiger partial charge in [-0.25, -0.2) is 4.90 Å². The van der Waals surface area contributed by atoms with Crippen molar-refractivity contribution >= 4 is 23.2 Å². The van der Waals surface area contributed by atoms with Crippen molar-refractivity contribution in [1.82, 2.24) is 0 Å². The molecule has 0 aliphatic carbocycles. The van der Waals surface area contributed by atoms with Gasteiger partial charge < -0.3 is 5.32 Å². The van der Waals surface area contributed by atoms with Crippen LogP contribution in [-0.4, -0.2) is 17.9 Å². The predicted octanol–water partition coefficient (Wildman–Crippen LogP) is 3.05. The molecule has 0 unspecified atom stereocenters. The number of rotatable bonds is 3. The minimum absolute atomic E-state index is 0.165. The summed E-state index contributed by atoms with van der Waals surface area (Å²) in [5.74, 6) is -0.361. The first kappa shape index (κ1) is 14.3. The summed E-state index contributed by atoms with van der Waals surface area (Å²) in [6.45, 7) is 3.92. The lowest BCUT2D eigenvalue weighted by atomic mass is 10.1. The maximum atomic E-state index is 12.6. The van der Waals surface area contributed by atoms with Crippen LogP contribution in [-0.2, 0) is 9.59 Å². The van der Waals surface area contributed by atoms with Gasteiger partial charge in [-0.15, -0.1) is 0 Å². The Morgan fingerprint density at radius 3 is 2.55 bits per heavy atom. The molecule has 2 aromatic carbocycles. The molecule has 0 saturated carbocycles. The molecule has 1 fully saturated rings. The first-order valence-corrected chi connectivity index (χ1v) is 7.32. The van der Waals surface area contributed by atoms with Gasteiger partial charge in [0, 0.05) is 5.69 Å². The summed E-state index contributed by atoms with van der Waals surface area (Å²) in [5, 5.41) is 3.19. The first-order chi connectivity index (χ1) is 10.6. The number of aryl methyl sites for hydroxylation is 2. The van der Waals surface area contributed by atoms with E-state index in [4.69, 9.17) is 0 Å². The second-order valence-corrected chi connectivity index (χ2v) is 5.62. The summed E-state index contributed by atoms with van der Waals surface area (Å²) in [5.41, 5.74) is 3.61. The minimum atomic E-state index is -0.505. The van der Waals surface area contributed by atoms with E-state index in [-0.39, 0.29) is 18.2 Å². The molecule has 112 valence electrons. The van der Waals surface area contributed by atoms with E-state index in [1.807, 2.05) is 56.3 Å². The molecule has 0 spiro atoms. The van der Waals surface area contributed by atoms with Crippen molar-refractivity contribution in [3.63, 3.8) is 0 Å². The number of carbonyl (C=O) groups is 2. The van der Waals surface area contributed by atoms with Crippen molar-refractivity contribution in [3.8, 4) is 0 Å². The minimum Gasteiger partial charge on any atom is -0.373 e. The number of hydrogen-bond acceptors (Lipinski definition) is 3. The highest BCUT2D eigenvalue weighted by Crippen LogP contribution is 2.26. The molecule has 1 N–H and O–H groups in total. The van der Waals surface area contributed by atoms with Crippen LogP contribution in [0, 0.1) is 13.8 Å². The monoisotopic (exact) mass is 294 g/mol. The zero-order valence-electron chi connectivity index (χ0n) is 12.7. The molecule has 1 aliphatic rings. The van der Waals surface area contributed by atoms with Crippen LogP contribution >= 0.6 is 0 Å². The smallest absolute Gasteiger partial charge is 0.256 e. The van der Waals surface area contributed by atoms with Gasteiger partial charge in [-0.3, -0.25) is 9.59 Å². The van der Waals surface area contributed by atoms with Crippen molar-refractivity contribution in [2.24, 2.45) is 0 Å². The number of carbonyl (C=O) groups excluding carboxylic acids is 2.